The summed E-state index contributed by atoms with van der Waals surface area (Å²) < 4.78 is 13.3. The number of fused-ring (bicyclic) bond motifs is 7. The number of unbranched alkanes of at least 4 members (excludes halogenated alkanes) is 2. The average molecular weight is 813 g/mol. The number of nitrogens with one attached hydrogen (secondary N) is 1. The number of rotatable bonds is 11. The lowest BCUT2D eigenvalue weighted by molar-refractivity contribution is -0.236. The van der Waals surface area contributed by atoms with Crippen LogP contribution in [0.15, 0.2) is 17.8 Å². The van der Waals surface area contributed by atoms with Crippen LogP contribution >= 0.6 is 0 Å². The Balaban J connectivity index is 0.951. The summed E-state index contributed by atoms with van der Waals surface area (Å²) in [6.07, 6.45) is 9.44. The third kappa shape index (κ3) is 7.29. The second-order valence-electron chi connectivity index (χ2n) is 21.4. The number of aromatic nitrogens is 3. The molecule has 0 spiro atoms. The normalized spacial score (nSPS) is 42.8. The largest absolute Gasteiger partial charge is 0.459 e. The molecule has 6 N–H and O–H groups in total. The smallest absolute Gasteiger partial charge is 0.313 e. The van der Waals surface area contributed by atoms with Gasteiger partial charge < -0.3 is 40.3 Å². The Bertz CT molecular complexity index is 1710. The predicted molar refractivity (Wildman–Crippen MR) is 215 cm³/mol. The first-order chi connectivity index (χ1) is 27.2. The van der Waals surface area contributed by atoms with Crippen LogP contribution in [0, 0.1) is 50.2 Å². The maximum atomic E-state index is 14.5. The monoisotopic (exact) mass is 813 g/mol. The summed E-state index contributed by atoms with van der Waals surface area (Å²) in [5, 5.41) is 61.7. The van der Waals surface area contributed by atoms with E-state index in [1.165, 1.54) is 5.57 Å². The molecule has 5 aliphatic carbocycles. The molecule has 6 aliphatic rings. The first-order valence-electron chi connectivity index (χ1n) is 22.3. The van der Waals surface area contributed by atoms with Crippen LogP contribution in [-0.4, -0.2) is 95.8 Å². The Morgan fingerprint density at radius 1 is 0.897 bits per heavy atom. The summed E-state index contributed by atoms with van der Waals surface area (Å²) in [6.45, 7) is 17.1. The number of nitrogens with zero attached hydrogens (tertiary/aromatic N) is 3. The molecule has 5 fully saturated rings. The molecule has 1 aromatic rings. The number of esters is 1. The quantitative estimate of drug-likeness (QED) is 0.100. The number of carbonyl (C=O) groups is 2. The number of hydrogen-bond donors (Lipinski definition) is 6. The maximum Gasteiger partial charge on any atom is 0.313 e. The summed E-state index contributed by atoms with van der Waals surface area (Å²) in [5.41, 5.74) is 1.91. The van der Waals surface area contributed by atoms with Crippen LogP contribution in [0.4, 0.5) is 0 Å². The second-order valence-corrected chi connectivity index (χ2v) is 21.4. The molecule has 58 heavy (non-hydrogen) atoms. The molecule has 0 aromatic carbocycles. The molecular formula is C45H72N4O9. The van der Waals surface area contributed by atoms with E-state index in [9.17, 15) is 35.1 Å². The van der Waals surface area contributed by atoms with E-state index in [1.54, 1.807) is 4.68 Å². The van der Waals surface area contributed by atoms with Gasteiger partial charge in [-0.3, -0.25) is 14.3 Å². The summed E-state index contributed by atoms with van der Waals surface area (Å²) >= 11 is 0. The zero-order valence-electron chi connectivity index (χ0n) is 36.1. The lowest BCUT2D eigenvalue weighted by Gasteiger charge is -2.71. The molecular weight excluding hydrogens is 741 g/mol. The van der Waals surface area contributed by atoms with E-state index in [0.717, 1.165) is 77.0 Å². The minimum absolute atomic E-state index is 0.00275. The Kier molecular flexibility index (Phi) is 11.9. The van der Waals surface area contributed by atoms with Crippen LogP contribution in [0.5, 0.6) is 0 Å². The van der Waals surface area contributed by atoms with Crippen molar-refractivity contribution < 1.29 is 44.6 Å². The van der Waals surface area contributed by atoms with Gasteiger partial charge in [0.25, 0.3) is 0 Å². The van der Waals surface area contributed by atoms with E-state index in [4.69, 9.17) is 9.47 Å². The van der Waals surface area contributed by atoms with Crippen molar-refractivity contribution in [1.82, 2.24) is 20.3 Å². The highest BCUT2D eigenvalue weighted by atomic mass is 16.6. The van der Waals surface area contributed by atoms with Crippen LogP contribution in [0.1, 0.15) is 144 Å². The van der Waals surface area contributed by atoms with Gasteiger partial charge in [-0.05, 0) is 122 Å². The molecule has 13 atom stereocenters. The van der Waals surface area contributed by atoms with Crippen molar-refractivity contribution in [3.05, 3.63) is 23.5 Å². The van der Waals surface area contributed by atoms with Crippen molar-refractivity contribution in [2.24, 2.45) is 50.2 Å². The summed E-state index contributed by atoms with van der Waals surface area (Å²) in [6, 6.07) is 0. The van der Waals surface area contributed by atoms with Gasteiger partial charge in [-0.2, -0.15) is 0 Å². The van der Waals surface area contributed by atoms with Crippen molar-refractivity contribution in [2.75, 3.05) is 6.61 Å². The fraction of sp³-hybridized carbons (Fsp3) is 0.867. The molecule has 4 saturated carbocycles. The van der Waals surface area contributed by atoms with Gasteiger partial charge in [0.05, 0.1) is 24.3 Å². The van der Waals surface area contributed by atoms with Gasteiger partial charge >= 0.3 is 5.97 Å². The Morgan fingerprint density at radius 3 is 2.38 bits per heavy atom. The van der Waals surface area contributed by atoms with Crippen molar-refractivity contribution in [2.45, 2.75) is 188 Å². The highest BCUT2D eigenvalue weighted by Gasteiger charge is 2.69. The van der Waals surface area contributed by atoms with Crippen LogP contribution in [0.2, 0.25) is 0 Å². The topological polar surface area (TPSA) is 196 Å². The van der Waals surface area contributed by atoms with Crippen LogP contribution in [0.3, 0.4) is 0 Å². The number of aryl methyl sites for hydroxylation is 1. The molecule has 1 aromatic heterocycles. The summed E-state index contributed by atoms with van der Waals surface area (Å²) in [5.74, 6) is 0.717. The highest BCUT2D eigenvalue weighted by molar-refractivity contribution is 5.79. The molecule has 13 nitrogen and oxygen atoms in total. The third-order valence-electron chi connectivity index (χ3n) is 17.4. The minimum Gasteiger partial charge on any atom is -0.459 e. The van der Waals surface area contributed by atoms with Gasteiger partial charge in [0, 0.05) is 13.0 Å². The lowest BCUT2D eigenvalue weighted by Crippen LogP contribution is -2.65. The summed E-state index contributed by atoms with van der Waals surface area (Å²) in [4.78, 5) is 27.0. The van der Waals surface area contributed by atoms with Gasteiger partial charge in [0.1, 0.15) is 36.7 Å². The van der Waals surface area contributed by atoms with E-state index in [0.29, 0.717) is 30.5 Å². The van der Waals surface area contributed by atoms with E-state index in [-0.39, 0.29) is 64.0 Å². The molecule has 1 saturated heterocycles. The molecule has 1 aliphatic heterocycles. The van der Waals surface area contributed by atoms with E-state index < -0.39 is 42.7 Å². The van der Waals surface area contributed by atoms with Crippen LogP contribution in [0.25, 0.3) is 0 Å². The zero-order valence-corrected chi connectivity index (χ0v) is 36.1. The number of amides is 1. The Hall–Kier alpha value is -2.42. The van der Waals surface area contributed by atoms with E-state index in [1.807, 2.05) is 6.20 Å². The van der Waals surface area contributed by atoms with Gasteiger partial charge in [0.15, 0.2) is 6.23 Å². The van der Waals surface area contributed by atoms with Crippen molar-refractivity contribution in [3.8, 4) is 0 Å². The number of carbonyl (C=O) groups excluding carboxylic acids is 2. The van der Waals surface area contributed by atoms with E-state index >= 15 is 0 Å². The molecule has 326 valence electrons. The van der Waals surface area contributed by atoms with Crippen LogP contribution < -0.4 is 5.32 Å². The average Bonchev–Trinajstić information content (AvgIpc) is 3.63. The number of aliphatic hydroxyl groups is 5. The van der Waals surface area contributed by atoms with Crippen LogP contribution in [-0.2, 0) is 32.2 Å². The summed E-state index contributed by atoms with van der Waals surface area (Å²) in [7, 11) is 0. The molecule has 0 unspecified atom stereocenters. The molecule has 0 bridgehead atoms. The van der Waals surface area contributed by atoms with Gasteiger partial charge in [-0.1, -0.05) is 71.7 Å². The second kappa shape index (κ2) is 15.8. The van der Waals surface area contributed by atoms with Crippen molar-refractivity contribution in [3.63, 3.8) is 0 Å². The van der Waals surface area contributed by atoms with Gasteiger partial charge in [-0.25, -0.2) is 0 Å². The third-order valence-corrected chi connectivity index (χ3v) is 17.4. The maximum absolute atomic E-state index is 14.5. The van der Waals surface area contributed by atoms with Gasteiger partial charge in [0.2, 0.25) is 5.91 Å². The van der Waals surface area contributed by atoms with Crippen molar-refractivity contribution >= 4 is 11.9 Å². The number of aliphatic hydroxyl groups excluding tert-OH is 5. The SMILES string of the molecule is CC1(C)CC[C@]2(C(=O)OCc3cn(CCCCCC(=O)N[C@@H]4O[C@H](CO)[C@@H](O)[C@H](O)[C@H]4O)nn3)CC[C@]3(C)C(=CC[C@@H]4[C@@]5(C)CC[C@H](O)C(C)(C)[C@@H]5CC[C@]43C)[C@@H]2C1. The zero-order chi connectivity index (χ0) is 42.1. The first-order valence-corrected chi connectivity index (χ1v) is 22.3. The number of ether oxygens (including phenoxy) is 2. The molecule has 7 rings (SSSR count). The number of hydrogen-bond acceptors (Lipinski definition) is 11. The highest BCUT2D eigenvalue weighted by Crippen LogP contribution is 2.75. The van der Waals surface area contributed by atoms with Crippen molar-refractivity contribution in [1.29, 1.82) is 0 Å². The number of allylic oxidation sites excluding steroid dienone is 2. The standard InChI is InChI=1S/C45H72N4O9/c1-40(2)18-20-45(21-19-43(6)28(29(45)23-40)12-13-32-42(5)16-15-33(51)41(3,4)31(42)14-17-44(32,43)7)39(56)57-26-27-24-49(48-47-27)22-10-8-9-11-34(52)46-38-37(55)36(54)35(53)30(25-50)58-38/h12,24,29-33,35-38,50-51,53-55H,8-11,13-23,25-26H2,1-7H3,(H,46,52)/t29-,30+,31-,32+,33-,35+,36-,37+,38+,42-,43+,44+,45-/m0/s1. The predicted octanol–water partition coefficient (Wildman–Crippen LogP) is 4.96. The fourth-order valence-electron chi connectivity index (χ4n) is 13.6. The Morgan fingerprint density at radius 2 is 1.64 bits per heavy atom. The van der Waals surface area contributed by atoms with Gasteiger partial charge in [-0.15, -0.1) is 5.10 Å². The molecule has 13 heteroatoms. The fourth-order valence-corrected chi connectivity index (χ4v) is 13.6. The molecule has 0 radical (unpaired) electrons. The Labute approximate surface area is 344 Å². The lowest BCUT2D eigenvalue weighted by atomic mass is 9.33. The first kappa shape index (κ1) is 43.7. The minimum atomic E-state index is -1.55. The molecule has 1 amide bonds. The van der Waals surface area contributed by atoms with E-state index in [2.05, 4.69) is 70.2 Å². The molecule has 2 heterocycles.